The topological polar surface area (TPSA) is 53.1 Å². The predicted octanol–water partition coefficient (Wildman–Crippen LogP) is 2.52. The number of nitrogens with two attached hydrogens (primary N) is 1. The summed E-state index contributed by atoms with van der Waals surface area (Å²) in [5.41, 5.74) is 9.91. The van der Waals surface area contributed by atoms with Crippen molar-refractivity contribution in [1.82, 2.24) is 9.78 Å². The van der Waals surface area contributed by atoms with Crippen molar-refractivity contribution in [3.05, 3.63) is 46.8 Å². The molecule has 0 aliphatic heterocycles. The molecule has 0 radical (unpaired) electrons. The van der Waals surface area contributed by atoms with Gasteiger partial charge < -0.3 is 10.5 Å². The molecule has 4 nitrogen and oxygen atoms in total. The molecule has 0 unspecified atom stereocenters. The Morgan fingerprint density at radius 3 is 2.70 bits per heavy atom. The summed E-state index contributed by atoms with van der Waals surface area (Å²) in [6, 6.07) is 7.51. The van der Waals surface area contributed by atoms with Gasteiger partial charge in [0.2, 0.25) is 0 Å². The second-order valence-electron chi connectivity index (χ2n) is 4.76. The standard InChI is InChI=1S/C15H19N3OS/c1-10-11(2)17-18(12(10)3)7-8-19-14-6-4-5-13(9-14)15(16)20/h4-6,9H,7-8H2,1-3H3,(H2,16,20). The van der Waals surface area contributed by atoms with Gasteiger partial charge in [-0.2, -0.15) is 5.10 Å². The second kappa shape index (κ2) is 6.05. The summed E-state index contributed by atoms with van der Waals surface area (Å²) < 4.78 is 7.70. The summed E-state index contributed by atoms with van der Waals surface area (Å²) in [4.78, 5) is 0.379. The van der Waals surface area contributed by atoms with Crippen LogP contribution in [-0.2, 0) is 6.54 Å². The zero-order chi connectivity index (χ0) is 14.7. The lowest BCUT2D eigenvalue weighted by atomic mass is 10.2. The minimum Gasteiger partial charge on any atom is -0.492 e. The van der Waals surface area contributed by atoms with Crippen molar-refractivity contribution < 1.29 is 4.74 Å². The number of ether oxygens (including phenoxy) is 1. The van der Waals surface area contributed by atoms with Gasteiger partial charge >= 0.3 is 0 Å². The molecule has 0 aliphatic carbocycles. The van der Waals surface area contributed by atoms with Crippen LogP contribution in [-0.4, -0.2) is 21.4 Å². The molecule has 2 rings (SSSR count). The van der Waals surface area contributed by atoms with Crippen molar-refractivity contribution >= 4 is 17.2 Å². The van der Waals surface area contributed by atoms with Crippen LogP contribution in [0.2, 0.25) is 0 Å². The first-order chi connectivity index (χ1) is 9.49. The highest BCUT2D eigenvalue weighted by atomic mass is 32.1. The highest BCUT2D eigenvalue weighted by Crippen LogP contribution is 2.14. The quantitative estimate of drug-likeness (QED) is 0.859. The number of nitrogens with zero attached hydrogens (tertiary/aromatic N) is 2. The normalized spacial score (nSPS) is 10.6. The summed E-state index contributed by atoms with van der Waals surface area (Å²) in [5.74, 6) is 0.772. The van der Waals surface area contributed by atoms with E-state index in [1.54, 1.807) is 0 Å². The van der Waals surface area contributed by atoms with Gasteiger partial charge in [0, 0.05) is 11.3 Å². The van der Waals surface area contributed by atoms with E-state index in [-0.39, 0.29) is 0 Å². The molecule has 0 saturated heterocycles. The minimum atomic E-state index is 0.379. The molecule has 1 aromatic carbocycles. The molecular weight excluding hydrogens is 270 g/mol. The highest BCUT2D eigenvalue weighted by Gasteiger charge is 2.07. The van der Waals surface area contributed by atoms with Gasteiger partial charge in [0.1, 0.15) is 17.3 Å². The van der Waals surface area contributed by atoms with Gasteiger partial charge in [0.05, 0.1) is 12.2 Å². The number of rotatable bonds is 5. The maximum absolute atomic E-state index is 5.73. The minimum absolute atomic E-state index is 0.379. The third-order valence-corrected chi connectivity index (χ3v) is 3.67. The summed E-state index contributed by atoms with van der Waals surface area (Å²) in [6.45, 7) is 7.45. The van der Waals surface area contributed by atoms with Crippen LogP contribution in [0.5, 0.6) is 5.75 Å². The van der Waals surface area contributed by atoms with Gasteiger partial charge in [-0.25, -0.2) is 0 Å². The predicted molar refractivity (Wildman–Crippen MR) is 84.3 cm³/mol. The molecule has 106 valence electrons. The lowest BCUT2D eigenvalue weighted by Crippen LogP contribution is -2.12. The molecule has 20 heavy (non-hydrogen) atoms. The summed E-state index contributed by atoms with van der Waals surface area (Å²) in [6.07, 6.45) is 0. The lowest BCUT2D eigenvalue weighted by molar-refractivity contribution is 0.289. The lowest BCUT2D eigenvalue weighted by Gasteiger charge is -2.09. The van der Waals surface area contributed by atoms with Crippen LogP contribution in [0.3, 0.4) is 0 Å². The molecule has 0 atom stereocenters. The third-order valence-electron chi connectivity index (χ3n) is 3.43. The highest BCUT2D eigenvalue weighted by molar-refractivity contribution is 7.80. The van der Waals surface area contributed by atoms with Crippen LogP contribution in [0, 0.1) is 20.8 Å². The Hall–Kier alpha value is -1.88. The van der Waals surface area contributed by atoms with E-state index in [1.807, 2.05) is 35.9 Å². The first-order valence-electron chi connectivity index (χ1n) is 6.52. The van der Waals surface area contributed by atoms with Gasteiger partial charge in [0.15, 0.2) is 0 Å². The largest absolute Gasteiger partial charge is 0.492 e. The van der Waals surface area contributed by atoms with Crippen molar-refractivity contribution in [2.45, 2.75) is 27.3 Å². The van der Waals surface area contributed by atoms with E-state index in [4.69, 9.17) is 22.7 Å². The van der Waals surface area contributed by atoms with Crippen molar-refractivity contribution in [2.75, 3.05) is 6.61 Å². The Bertz CT molecular complexity index is 634. The summed E-state index contributed by atoms with van der Waals surface area (Å²) in [5, 5.41) is 4.48. The molecule has 0 saturated carbocycles. The van der Waals surface area contributed by atoms with Crippen molar-refractivity contribution in [1.29, 1.82) is 0 Å². The Balaban J connectivity index is 1.97. The molecule has 0 bridgehead atoms. The van der Waals surface area contributed by atoms with E-state index >= 15 is 0 Å². The van der Waals surface area contributed by atoms with E-state index in [0.717, 1.165) is 23.6 Å². The van der Waals surface area contributed by atoms with E-state index in [9.17, 15) is 0 Å². The fraction of sp³-hybridized carbons (Fsp3) is 0.333. The number of hydrogen-bond acceptors (Lipinski definition) is 3. The Morgan fingerprint density at radius 2 is 2.10 bits per heavy atom. The van der Waals surface area contributed by atoms with Crippen LogP contribution in [0.4, 0.5) is 0 Å². The van der Waals surface area contributed by atoms with Crippen LogP contribution < -0.4 is 10.5 Å². The van der Waals surface area contributed by atoms with Gasteiger partial charge in [-0.3, -0.25) is 4.68 Å². The summed E-state index contributed by atoms with van der Waals surface area (Å²) >= 11 is 4.95. The third kappa shape index (κ3) is 3.17. The maximum atomic E-state index is 5.73. The number of thiocarbonyl (C=S) groups is 1. The van der Waals surface area contributed by atoms with Gasteiger partial charge in [0.25, 0.3) is 0 Å². The van der Waals surface area contributed by atoms with Crippen molar-refractivity contribution in [3.8, 4) is 5.75 Å². The molecule has 1 heterocycles. The second-order valence-corrected chi connectivity index (χ2v) is 5.20. The Kier molecular flexibility index (Phi) is 4.39. The number of aromatic nitrogens is 2. The van der Waals surface area contributed by atoms with E-state index < -0.39 is 0 Å². The van der Waals surface area contributed by atoms with Crippen molar-refractivity contribution in [2.24, 2.45) is 5.73 Å². The maximum Gasteiger partial charge on any atom is 0.120 e. The fourth-order valence-corrected chi connectivity index (χ4v) is 2.12. The average Bonchev–Trinajstić information content (AvgIpc) is 2.67. The molecule has 1 aromatic heterocycles. The zero-order valence-corrected chi connectivity index (χ0v) is 12.8. The Labute approximate surface area is 124 Å². The molecule has 0 amide bonds. The molecule has 0 aliphatic rings. The first-order valence-corrected chi connectivity index (χ1v) is 6.93. The van der Waals surface area contributed by atoms with Gasteiger partial charge in [-0.05, 0) is 38.5 Å². The van der Waals surface area contributed by atoms with Crippen molar-refractivity contribution in [3.63, 3.8) is 0 Å². The zero-order valence-electron chi connectivity index (χ0n) is 12.0. The molecule has 0 fully saturated rings. The SMILES string of the molecule is Cc1nn(CCOc2cccc(C(N)=S)c2)c(C)c1C. The molecule has 2 N–H and O–H groups in total. The van der Waals surface area contributed by atoms with Gasteiger partial charge in [-0.15, -0.1) is 0 Å². The van der Waals surface area contributed by atoms with Gasteiger partial charge in [-0.1, -0.05) is 24.4 Å². The molecule has 2 aromatic rings. The van der Waals surface area contributed by atoms with Crippen LogP contribution in [0.25, 0.3) is 0 Å². The molecule has 0 spiro atoms. The molecule has 5 heteroatoms. The average molecular weight is 289 g/mol. The van der Waals surface area contributed by atoms with Crippen LogP contribution in [0.1, 0.15) is 22.5 Å². The van der Waals surface area contributed by atoms with E-state index in [2.05, 4.69) is 18.9 Å². The first kappa shape index (κ1) is 14.5. The monoisotopic (exact) mass is 289 g/mol. The number of aryl methyl sites for hydroxylation is 1. The molecular formula is C15H19N3OS. The van der Waals surface area contributed by atoms with E-state index in [1.165, 1.54) is 11.3 Å². The van der Waals surface area contributed by atoms with Crippen LogP contribution >= 0.6 is 12.2 Å². The van der Waals surface area contributed by atoms with E-state index in [0.29, 0.717) is 11.6 Å². The number of hydrogen-bond donors (Lipinski definition) is 1. The number of benzene rings is 1. The summed E-state index contributed by atoms with van der Waals surface area (Å²) in [7, 11) is 0. The Morgan fingerprint density at radius 1 is 1.35 bits per heavy atom. The smallest absolute Gasteiger partial charge is 0.120 e. The van der Waals surface area contributed by atoms with Crippen LogP contribution in [0.15, 0.2) is 24.3 Å². The fourth-order valence-electron chi connectivity index (χ4n) is 1.99.